The average Bonchev–Trinajstić information content (AvgIpc) is 2.55. The van der Waals surface area contributed by atoms with Gasteiger partial charge in [-0.3, -0.25) is 4.90 Å². The molecule has 1 aromatic rings. The summed E-state index contributed by atoms with van der Waals surface area (Å²) in [5, 5.41) is 4.36. The molecule has 0 aliphatic carbocycles. The second-order valence-electron chi connectivity index (χ2n) is 7.34. The van der Waals surface area contributed by atoms with Crippen molar-refractivity contribution < 1.29 is 0 Å². The summed E-state index contributed by atoms with van der Waals surface area (Å²) >= 11 is 6.28. The van der Waals surface area contributed by atoms with Crippen LogP contribution in [0.25, 0.3) is 0 Å². The van der Waals surface area contributed by atoms with Crippen molar-refractivity contribution in [1.29, 1.82) is 0 Å². The molecular formula is C19H30ClN3. The van der Waals surface area contributed by atoms with Crippen LogP contribution in [0.2, 0.25) is 5.02 Å². The van der Waals surface area contributed by atoms with E-state index >= 15 is 0 Å². The van der Waals surface area contributed by atoms with Crippen molar-refractivity contribution in [2.75, 3.05) is 39.3 Å². The topological polar surface area (TPSA) is 18.5 Å². The maximum atomic E-state index is 6.28. The Kier molecular flexibility index (Phi) is 5.97. The van der Waals surface area contributed by atoms with Crippen molar-refractivity contribution in [3.05, 3.63) is 34.9 Å². The summed E-state index contributed by atoms with van der Waals surface area (Å²) in [4.78, 5) is 5.32. The fraction of sp³-hybridized carbons (Fsp3) is 0.684. The fourth-order valence-electron chi connectivity index (χ4n) is 3.92. The zero-order chi connectivity index (χ0) is 16.2. The minimum atomic E-state index is 0.444. The summed E-state index contributed by atoms with van der Waals surface area (Å²) in [5.41, 5.74) is 1.37. The van der Waals surface area contributed by atoms with Crippen LogP contribution in [0.5, 0.6) is 0 Å². The van der Waals surface area contributed by atoms with Crippen molar-refractivity contribution in [3.63, 3.8) is 0 Å². The Morgan fingerprint density at radius 3 is 2.70 bits per heavy atom. The van der Waals surface area contributed by atoms with E-state index in [0.717, 1.165) is 37.1 Å². The lowest BCUT2D eigenvalue weighted by Crippen LogP contribution is -2.53. The summed E-state index contributed by atoms with van der Waals surface area (Å²) in [6.45, 7) is 11.6. The predicted octanol–water partition coefficient (Wildman–Crippen LogP) is 3.41. The molecule has 3 nitrogen and oxygen atoms in total. The molecule has 0 spiro atoms. The molecule has 3 rings (SSSR count). The second kappa shape index (κ2) is 7.98. The van der Waals surface area contributed by atoms with Gasteiger partial charge in [-0.15, -0.1) is 0 Å². The molecule has 1 aromatic carbocycles. The monoisotopic (exact) mass is 335 g/mol. The number of halogens is 1. The average molecular weight is 336 g/mol. The van der Waals surface area contributed by atoms with Crippen LogP contribution in [-0.4, -0.2) is 55.1 Å². The molecule has 0 saturated carbocycles. The number of benzene rings is 1. The van der Waals surface area contributed by atoms with Crippen LogP contribution in [0.4, 0.5) is 0 Å². The van der Waals surface area contributed by atoms with Crippen molar-refractivity contribution in [1.82, 2.24) is 15.1 Å². The van der Waals surface area contributed by atoms with Crippen LogP contribution in [-0.2, 0) is 0 Å². The van der Waals surface area contributed by atoms with Gasteiger partial charge in [0, 0.05) is 43.3 Å². The number of hydrogen-bond donors (Lipinski definition) is 1. The SMILES string of the molecule is CC1CCN(CC(c2cccc(Cl)c2)N2CCNCC2C)CC1. The van der Waals surface area contributed by atoms with E-state index in [9.17, 15) is 0 Å². The van der Waals surface area contributed by atoms with Gasteiger partial charge < -0.3 is 10.2 Å². The summed E-state index contributed by atoms with van der Waals surface area (Å²) < 4.78 is 0. The highest BCUT2D eigenvalue weighted by atomic mass is 35.5. The van der Waals surface area contributed by atoms with Crippen molar-refractivity contribution in [2.24, 2.45) is 5.92 Å². The highest BCUT2D eigenvalue weighted by Crippen LogP contribution is 2.28. The molecule has 2 fully saturated rings. The van der Waals surface area contributed by atoms with Gasteiger partial charge in [0.05, 0.1) is 0 Å². The first-order chi connectivity index (χ1) is 11.1. The van der Waals surface area contributed by atoms with E-state index in [1.807, 2.05) is 6.07 Å². The van der Waals surface area contributed by atoms with Gasteiger partial charge in [-0.25, -0.2) is 0 Å². The van der Waals surface area contributed by atoms with Crippen LogP contribution in [0.1, 0.15) is 38.3 Å². The van der Waals surface area contributed by atoms with E-state index in [0.29, 0.717) is 12.1 Å². The Morgan fingerprint density at radius 2 is 2.00 bits per heavy atom. The summed E-state index contributed by atoms with van der Waals surface area (Å²) in [7, 11) is 0. The Labute approximate surface area is 146 Å². The van der Waals surface area contributed by atoms with Gasteiger partial charge >= 0.3 is 0 Å². The van der Waals surface area contributed by atoms with E-state index in [-0.39, 0.29) is 0 Å². The van der Waals surface area contributed by atoms with Gasteiger partial charge in [0.2, 0.25) is 0 Å². The normalized spacial score (nSPS) is 26.3. The van der Waals surface area contributed by atoms with Crippen molar-refractivity contribution >= 4 is 11.6 Å². The molecule has 128 valence electrons. The maximum absolute atomic E-state index is 6.28. The van der Waals surface area contributed by atoms with E-state index in [2.05, 4.69) is 47.2 Å². The van der Waals surface area contributed by atoms with Gasteiger partial charge in [0.25, 0.3) is 0 Å². The van der Waals surface area contributed by atoms with Crippen molar-refractivity contribution in [3.8, 4) is 0 Å². The van der Waals surface area contributed by atoms with Gasteiger partial charge in [-0.2, -0.15) is 0 Å². The first-order valence-electron chi connectivity index (χ1n) is 9.08. The predicted molar refractivity (Wildman–Crippen MR) is 98.1 cm³/mol. The van der Waals surface area contributed by atoms with Gasteiger partial charge in [0.1, 0.15) is 0 Å². The number of nitrogens with one attached hydrogen (secondary N) is 1. The van der Waals surface area contributed by atoms with Gasteiger partial charge in [-0.05, 0) is 56.5 Å². The molecule has 0 radical (unpaired) electrons. The molecule has 23 heavy (non-hydrogen) atoms. The molecule has 2 atom stereocenters. The standard InChI is InChI=1S/C19H30ClN3/c1-15-6-9-22(10-7-15)14-19(17-4-3-5-18(20)12-17)23-11-8-21-13-16(23)2/h3-5,12,15-16,19,21H,6-11,13-14H2,1-2H3. The van der Waals surface area contributed by atoms with Crippen LogP contribution in [0.15, 0.2) is 24.3 Å². The molecule has 2 saturated heterocycles. The van der Waals surface area contributed by atoms with Crippen LogP contribution in [0, 0.1) is 5.92 Å². The summed E-state index contributed by atoms with van der Waals surface area (Å²) in [6, 6.07) is 9.49. The third-order valence-electron chi connectivity index (χ3n) is 5.49. The van der Waals surface area contributed by atoms with Gasteiger partial charge in [0.15, 0.2) is 0 Å². The van der Waals surface area contributed by atoms with Gasteiger partial charge in [-0.1, -0.05) is 30.7 Å². The third-order valence-corrected chi connectivity index (χ3v) is 5.73. The lowest BCUT2D eigenvalue weighted by molar-refractivity contribution is 0.0726. The molecule has 0 amide bonds. The van der Waals surface area contributed by atoms with Crippen LogP contribution >= 0.6 is 11.6 Å². The molecule has 2 aliphatic heterocycles. The Hall–Kier alpha value is -0.610. The number of piperazine rings is 1. The second-order valence-corrected chi connectivity index (χ2v) is 7.78. The Bertz CT molecular complexity index is 499. The van der Waals surface area contributed by atoms with E-state index in [1.165, 1.54) is 31.5 Å². The molecule has 2 aliphatic rings. The number of likely N-dealkylation sites (tertiary alicyclic amines) is 1. The molecular weight excluding hydrogens is 306 g/mol. The first kappa shape index (κ1) is 17.2. The van der Waals surface area contributed by atoms with Crippen LogP contribution < -0.4 is 5.32 Å². The van der Waals surface area contributed by atoms with E-state index in [1.54, 1.807) is 0 Å². The quantitative estimate of drug-likeness (QED) is 0.909. The molecule has 0 aromatic heterocycles. The molecule has 0 bridgehead atoms. The maximum Gasteiger partial charge on any atom is 0.0479 e. The summed E-state index contributed by atoms with van der Waals surface area (Å²) in [5.74, 6) is 0.883. The number of rotatable bonds is 4. The van der Waals surface area contributed by atoms with Crippen molar-refractivity contribution in [2.45, 2.75) is 38.8 Å². The minimum absolute atomic E-state index is 0.444. The van der Waals surface area contributed by atoms with E-state index in [4.69, 9.17) is 11.6 Å². The smallest absolute Gasteiger partial charge is 0.0479 e. The zero-order valence-corrected chi connectivity index (χ0v) is 15.2. The summed E-state index contributed by atoms with van der Waals surface area (Å²) in [6.07, 6.45) is 2.67. The Balaban J connectivity index is 1.78. The molecule has 2 heterocycles. The highest BCUT2D eigenvalue weighted by molar-refractivity contribution is 6.30. The zero-order valence-electron chi connectivity index (χ0n) is 14.5. The number of piperidine rings is 1. The Morgan fingerprint density at radius 1 is 1.22 bits per heavy atom. The molecule has 1 N–H and O–H groups in total. The highest BCUT2D eigenvalue weighted by Gasteiger charge is 2.29. The lowest BCUT2D eigenvalue weighted by atomic mass is 9.96. The number of nitrogens with zero attached hydrogens (tertiary/aromatic N) is 2. The van der Waals surface area contributed by atoms with E-state index < -0.39 is 0 Å². The number of hydrogen-bond acceptors (Lipinski definition) is 3. The first-order valence-corrected chi connectivity index (χ1v) is 9.45. The van der Waals surface area contributed by atoms with Crippen LogP contribution in [0.3, 0.4) is 0 Å². The molecule has 2 unspecified atom stereocenters. The molecule has 4 heteroatoms. The fourth-order valence-corrected chi connectivity index (χ4v) is 4.12. The largest absolute Gasteiger partial charge is 0.314 e. The third kappa shape index (κ3) is 4.48. The minimum Gasteiger partial charge on any atom is -0.314 e. The lowest BCUT2D eigenvalue weighted by Gasteiger charge is -2.43.